The van der Waals surface area contributed by atoms with E-state index in [0.717, 1.165) is 20.5 Å². The van der Waals surface area contributed by atoms with Crippen LogP contribution in [-0.2, 0) is 0 Å². The summed E-state index contributed by atoms with van der Waals surface area (Å²) >= 11 is 7.88. The third-order valence-electron chi connectivity index (χ3n) is 3.01. The van der Waals surface area contributed by atoms with Gasteiger partial charge >= 0.3 is 0 Å². The lowest BCUT2D eigenvalue weighted by Crippen LogP contribution is -1.96. The average Bonchev–Trinajstić information content (AvgIpc) is 2.45. The van der Waals surface area contributed by atoms with Crippen molar-refractivity contribution in [2.75, 3.05) is 5.32 Å². The maximum atomic E-state index is 13.9. The molecule has 0 saturated heterocycles. The Morgan fingerprint density at radius 3 is 2.68 bits per heavy atom. The molecule has 1 heterocycles. The van der Waals surface area contributed by atoms with Gasteiger partial charge in [0.1, 0.15) is 11.6 Å². The molecule has 114 valence electrons. The highest BCUT2D eigenvalue weighted by Crippen LogP contribution is 2.33. The van der Waals surface area contributed by atoms with Gasteiger partial charge in [-0.25, -0.2) is 4.39 Å². The Bertz CT molecular complexity index is 845. The van der Waals surface area contributed by atoms with Crippen molar-refractivity contribution in [2.24, 2.45) is 0 Å². The van der Waals surface area contributed by atoms with Gasteiger partial charge in [-0.2, -0.15) is 0 Å². The Kier molecular flexibility index (Phi) is 5.31. The summed E-state index contributed by atoms with van der Waals surface area (Å²) in [6.45, 7) is 0. The fraction of sp³-hybridized carbons (Fsp3) is 0. The molecule has 3 nitrogen and oxygen atoms in total. The van der Waals surface area contributed by atoms with E-state index in [1.807, 2.05) is 18.2 Å². The first-order valence-corrected chi connectivity index (χ1v) is 7.49. The first kappa shape index (κ1) is 17.1. The topological polar surface area (TPSA) is 45.1 Å². The second-order valence-corrected chi connectivity index (χ2v) is 6.08. The highest BCUT2D eigenvalue weighted by atomic mass is 127. The van der Waals surface area contributed by atoms with Gasteiger partial charge in [0.25, 0.3) is 0 Å². The molecule has 0 bridgehead atoms. The number of hydrogen-bond acceptors (Lipinski definition) is 3. The van der Waals surface area contributed by atoms with Crippen LogP contribution in [-0.4, -0.2) is 10.1 Å². The molecule has 0 atom stereocenters. The second kappa shape index (κ2) is 6.85. The van der Waals surface area contributed by atoms with Gasteiger partial charge in [-0.15, -0.1) is 12.4 Å². The number of fused-ring (bicyclic) bond motifs is 1. The minimum Gasteiger partial charge on any atom is -0.506 e. The lowest BCUT2D eigenvalue weighted by atomic mass is 10.2. The average molecular weight is 451 g/mol. The van der Waals surface area contributed by atoms with Crippen LogP contribution in [0.25, 0.3) is 10.9 Å². The summed E-state index contributed by atoms with van der Waals surface area (Å²) in [7, 11) is 0. The zero-order chi connectivity index (χ0) is 15.0. The van der Waals surface area contributed by atoms with Gasteiger partial charge < -0.3 is 10.4 Å². The molecule has 0 saturated carbocycles. The van der Waals surface area contributed by atoms with Crippen LogP contribution in [0.3, 0.4) is 0 Å². The number of benzene rings is 2. The number of aromatic hydroxyl groups is 1. The molecule has 1 aromatic heterocycles. The van der Waals surface area contributed by atoms with Crippen molar-refractivity contribution >= 4 is 68.9 Å². The SMILES string of the molecule is Cl.Oc1cc(Nc2ccnc3ccc(I)cc23)c(F)cc1Cl. The van der Waals surface area contributed by atoms with E-state index in [0.29, 0.717) is 5.69 Å². The molecule has 0 aliphatic heterocycles. The van der Waals surface area contributed by atoms with E-state index in [1.54, 1.807) is 12.3 Å². The van der Waals surface area contributed by atoms with E-state index < -0.39 is 5.82 Å². The fourth-order valence-corrected chi connectivity index (χ4v) is 2.65. The largest absolute Gasteiger partial charge is 0.506 e. The number of halogens is 4. The van der Waals surface area contributed by atoms with E-state index >= 15 is 0 Å². The first-order chi connectivity index (χ1) is 10.0. The summed E-state index contributed by atoms with van der Waals surface area (Å²) in [4.78, 5) is 4.27. The van der Waals surface area contributed by atoms with Crippen LogP contribution in [0.5, 0.6) is 5.75 Å². The molecule has 7 heteroatoms. The predicted octanol–water partition coefficient (Wildman–Crippen LogP) is 5.50. The van der Waals surface area contributed by atoms with Gasteiger partial charge in [0.2, 0.25) is 0 Å². The van der Waals surface area contributed by atoms with E-state index in [1.165, 1.54) is 6.07 Å². The summed E-state index contributed by atoms with van der Waals surface area (Å²) in [5, 5.41) is 13.4. The van der Waals surface area contributed by atoms with E-state index in [-0.39, 0.29) is 28.9 Å². The van der Waals surface area contributed by atoms with Crippen LogP contribution in [0.2, 0.25) is 5.02 Å². The molecule has 3 aromatic rings. The lowest BCUT2D eigenvalue weighted by molar-refractivity contribution is 0.474. The van der Waals surface area contributed by atoms with Crippen molar-refractivity contribution in [3.8, 4) is 5.75 Å². The molecule has 0 unspecified atom stereocenters. The summed E-state index contributed by atoms with van der Waals surface area (Å²) in [6.07, 6.45) is 1.64. The number of pyridine rings is 1. The highest BCUT2D eigenvalue weighted by molar-refractivity contribution is 14.1. The summed E-state index contributed by atoms with van der Waals surface area (Å²) < 4.78 is 15.0. The molecule has 0 spiro atoms. The van der Waals surface area contributed by atoms with Crippen LogP contribution in [0.4, 0.5) is 15.8 Å². The Hall–Kier alpha value is -1.31. The number of nitrogens with one attached hydrogen (secondary N) is 1. The predicted molar refractivity (Wildman–Crippen MR) is 98.1 cm³/mol. The van der Waals surface area contributed by atoms with Crippen molar-refractivity contribution < 1.29 is 9.50 Å². The van der Waals surface area contributed by atoms with Crippen molar-refractivity contribution in [1.82, 2.24) is 4.98 Å². The maximum absolute atomic E-state index is 13.9. The Morgan fingerprint density at radius 1 is 1.14 bits per heavy atom. The van der Waals surface area contributed by atoms with Crippen LogP contribution < -0.4 is 5.32 Å². The number of phenols is 1. The molecule has 0 amide bonds. The van der Waals surface area contributed by atoms with Gasteiger partial charge in [-0.3, -0.25) is 4.98 Å². The summed E-state index contributed by atoms with van der Waals surface area (Å²) in [5.41, 5.74) is 1.67. The van der Waals surface area contributed by atoms with Gasteiger partial charge in [0, 0.05) is 26.9 Å². The van der Waals surface area contributed by atoms with Crippen LogP contribution >= 0.6 is 46.6 Å². The lowest BCUT2D eigenvalue weighted by Gasteiger charge is -2.11. The smallest absolute Gasteiger partial charge is 0.148 e. The van der Waals surface area contributed by atoms with Gasteiger partial charge in [0.15, 0.2) is 0 Å². The molecule has 2 N–H and O–H groups in total. The second-order valence-electron chi connectivity index (χ2n) is 4.43. The van der Waals surface area contributed by atoms with Crippen LogP contribution in [0.15, 0.2) is 42.6 Å². The number of anilines is 2. The third-order valence-corrected chi connectivity index (χ3v) is 3.98. The normalized spacial score (nSPS) is 10.3. The summed E-state index contributed by atoms with van der Waals surface area (Å²) in [5.74, 6) is -0.707. The molecule has 3 rings (SSSR count). The first-order valence-electron chi connectivity index (χ1n) is 6.04. The fourth-order valence-electron chi connectivity index (χ4n) is 2.01. The Morgan fingerprint density at radius 2 is 1.91 bits per heavy atom. The molecular weight excluding hydrogens is 441 g/mol. The van der Waals surface area contributed by atoms with E-state index in [2.05, 4.69) is 32.9 Å². The molecule has 2 aromatic carbocycles. The molecule has 0 fully saturated rings. The minimum absolute atomic E-state index is 0. The van der Waals surface area contributed by atoms with E-state index in [9.17, 15) is 9.50 Å². The zero-order valence-electron chi connectivity index (χ0n) is 11.0. The maximum Gasteiger partial charge on any atom is 0.148 e. The molecule has 0 aliphatic carbocycles. The minimum atomic E-state index is -0.534. The zero-order valence-corrected chi connectivity index (χ0v) is 14.7. The van der Waals surface area contributed by atoms with Gasteiger partial charge in [-0.05, 0) is 52.9 Å². The van der Waals surface area contributed by atoms with Crippen molar-refractivity contribution in [3.05, 3.63) is 57.0 Å². The van der Waals surface area contributed by atoms with Crippen molar-refractivity contribution in [1.29, 1.82) is 0 Å². The highest BCUT2D eigenvalue weighted by Gasteiger charge is 2.10. The third kappa shape index (κ3) is 3.37. The number of phenolic OH excluding ortho intramolecular Hbond substituents is 1. The number of hydrogen-bond donors (Lipinski definition) is 2. The molecule has 0 aliphatic rings. The molecular formula is C15H10Cl2FIN2O. The molecule has 0 radical (unpaired) electrons. The van der Waals surface area contributed by atoms with Crippen LogP contribution in [0, 0.1) is 9.39 Å². The van der Waals surface area contributed by atoms with Crippen LogP contribution in [0.1, 0.15) is 0 Å². The van der Waals surface area contributed by atoms with Gasteiger partial charge in [-0.1, -0.05) is 11.6 Å². The number of rotatable bonds is 2. The Balaban J connectivity index is 0.00000176. The quantitative estimate of drug-likeness (QED) is 0.506. The van der Waals surface area contributed by atoms with Gasteiger partial charge in [0.05, 0.1) is 16.2 Å². The monoisotopic (exact) mass is 450 g/mol. The van der Waals surface area contributed by atoms with E-state index in [4.69, 9.17) is 11.6 Å². The van der Waals surface area contributed by atoms with Crippen molar-refractivity contribution in [2.45, 2.75) is 0 Å². The summed E-state index contributed by atoms with van der Waals surface area (Å²) in [6, 6.07) is 9.90. The molecule has 22 heavy (non-hydrogen) atoms. The Labute approximate surface area is 151 Å². The standard InChI is InChI=1S/C15H9ClFIN2O.ClH/c16-10-6-11(17)14(7-15(10)21)20-13-3-4-19-12-2-1-8(18)5-9(12)13;/h1-7,21H,(H,19,20);1H. The number of aromatic nitrogens is 1. The number of nitrogens with zero attached hydrogens (tertiary/aromatic N) is 1. The van der Waals surface area contributed by atoms with Crippen molar-refractivity contribution in [3.63, 3.8) is 0 Å².